The number of benzene rings is 1. The van der Waals surface area contributed by atoms with Crippen LogP contribution >= 0.6 is 0 Å². The number of anilines is 1. The van der Waals surface area contributed by atoms with Crippen LogP contribution < -0.4 is 10.2 Å². The van der Waals surface area contributed by atoms with Crippen LogP contribution in [0.15, 0.2) is 24.3 Å². The average Bonchev–Trinajstić information content (AvgIpc) is 2.91. The van der Waals surface area contributed by atoms with Crippen LogP contribution in [-0.4, -0.2) is 36.1 Å². The number of nitrogens with one attached hydrogen (secondary N) is 1. The van der Waals surface area contributed by atoms with Gasteiger partial charge in [-0.2, -0.15) is 0 Å². The lowest BCUT2D eigenvalue weighted by Gasteiger charge is -2.26. The van der Waals surface area contributed by atoms with Gasteiger partial charge >= 0.3 is 0 Å². The van der Waals surface area contributed by atoms with E-state index in [1.807, 2.05) is 38.1 Å². The molecule has 2 N–H and O–H groups in total. The second-order valence-corrected chi connectivity index (χ2v) is 7.49. The molecule has 1 aromatic carbocycles. The van der Waals surface area contributed by atoms with Gasteiger partial charge in [-0.15, -0.1) is 0 Å². The van der Waals surface area contributed by atoms with Gasteiger partial charge in [-0.25, -0.2) is 0 Å². The first-order chi connectivity index (χ1) is 11.3. The summed E-state index contributed by atoms with van der Waals surface area (Å²) in [6.07, 6.45) is 2.11. The molecule has 1 aliphatic rings. The molecule has 0 aliphatic carbocycles. The van der Waals surface area contributed by atoms with Crippen molar-refractivity contribution >= 4 is 17.5 Å². The lowest BCUT2D eigenvalue weighted by molar-refractivity contribution is -0.121. The number of amides is 2. The van der Waals surface area contributed by atoms with E-state index in [4.69, 9.17) is 0 Å². The number of carbonyl (C=O) groups is 2. The first-order valence-electron chi connectivity index (χ1n) is 8.61. The third-order valence-corrected chi connectivity index (χ3v) is 4.30. The maximum Gasteiger partial charge on any atom is 0.227 e. The summed E-state index contributed by atoms with van der Waals surface area (Å²) in [5, 5.41) is 12.4. The predicted molar refractivity (Wildman–Crippen MR) is 94.8 cm³/mol. The fraction of sp³-hybridized carbons (Fsp3) is 0.579. The number of hydrogen-bond acceptors (Lipinski definition) is 3. The summed E-state index contributed by atoms with van der Waals surface area (Å²) in [5.41, 5.74) is 1.69. The van der Waals surface area contributed by atoms with Crippen LogP contribution in [0.3, 0.4) is 0 Å². The molecule has 1 saturated heterocycles. The Morgan fingerprint density at radius 3 is 2.54 bits per heavy atom. The second kappa shape index (κ2) is 7.79. The van der Waals surface area contributed by atoms with E-state index in [2.05, 4.69) is 5.32 Å². The quantitative estimate of drug-likeness (QED) is 0.805. The molecule has 24 heavy (non-hydrogen) atoms. The fourth-order valence-corrected chi connectivity index (χ4v) is 3.17. The molecular weight excluding hydrogens is 304 g/mol. The van der Waals surface area contributed by atoms with Crippen LogP contribution in [0.25, 0.3) is 0 Å². The van der Waals surface area contributed by atoms with E-state index in [1.165, 1.54) is 0 Å². The molecule has 5 nitrogen and oxygen atoms in total. The van der Waals surface area contributed by atoms with Crippen LogP contribution in [0, 0.1) is 5.41 Å². The highest BCUT2D eigenvalue weighted by Crippen LogP contribution is 2.22. The molecule has 0 spiro atoms. The smallest absolute Gasteiger partial charge is 0.227 e. The Morgan fingerprint density at radius 2 is 2.00 bits per heavy atom. The number of aliphatic hydroxyl groups excluding tert-OH is 1. The van der Waals surface area contributed by atoms with E-state index in [-0.39, 0.29) is 23.3 Å². The summed E-state index contributed by atoms with van der Waals surface area (Å²) in [5.74, 6) is 0.138. The molecule has 2 rings (SSSR count). The Labute approximate surface area is 144 Å². The van der Waals surface area contributed by atoms with Gasteiger partial charge in [0.1, 0.15) is 0 Å². The van der Waals surface area contributed by atoms with E-state index in [0.29, 0.717) is 25.8 Å². The lowest BCUT2D eigenvalue weighted by atomic mass is 9.87. The van der Waals surface area contributed by atoms with Gasteiger partial charge in [-0.3, -0.25) is 9.59 Å². The first-order valence-corrected chi connectivity index (χ1v) is 8.61. The van der Waals surface area contributed by atoms with Crippen LogP contribution in [0.5, 0.6) is 0 Å². The van der Waals surface area contributed by atoms with Crippen molar-refractivity contribution in [3.05, 3.63) is 29.8 Å². The molecule has 1 heterocycles. The summed E-state index contributed by atoms with van der Waals surface area (Å²) in [6, 6.07) is 7.62. The van der Waals surface area contributed by atoms with Crippen LogP contribution in [-0.2, 0) is 16.0 Å². The van der Waals surface area contributed by atoms with Crippen molar-refractivity contribution < 1.29 is 14.7 Å². The minimum atomic E-state index is -0.377. The van der Waals surface area contributed by atoms with E-state index in [1.54, 1.807) is 11.8 Å². The highest BCUT2D eigenvalue weighted by molar-refractivity contribution is 5.95. The third kappa shape index (κ3) is 5.34. The lowest BCUT2D eigenvalue weighted by Crippen LogP contribution is -2.36. The zero-order valence-electron chi connectivity index (χ0n) is 14.8. The molecule has 2 amide bonds. The standard InChI is InChI=1S/C19H28N2O3/c1-14(22)12-19(2,3)13-20-17(23)11-15-6-8-16(9-7-15)21-10-4-5-18(21)24/h6-9,14,22H,4-5,10-13H2,1-3H3,(H,20,23). The molecule has 5 heteroatoms. The van der Waals surface area contributed by atoms with E-state index < -0.39 is 0 Å². The zero-order chi connectivity index (χ0) is 17.7. The Hall–Kier alpha value is -1.88. The summed E-state index contributed by atoms with van der Waals surface area (Å²) < 4.78 is 0. The molecule has 0 saturated carbocycles. The topological polar surface area (TPSA) is 69.6 Å². The predicted octanol–water partition coefficient (Wildman–Crippen LogP) is 2.27. The molecule has 1 unspecified atom stereocenters. The van der Waals surface area contributed by atoms with Crippen molar-refractivity contribution in [3.8, 4) is 0 Å². The Kier molecular flexibility index (Phi) is 5.99. The monoisotopic (exact) mass is 332 g/mol. The van der Waals surface area contributed by atoms with E-state index in [9.17, 15) is 14.7 Å². The van der Waals surface area contributed by atoms with Gasteiger partial charge in [0.25, 0.3) is 0 Å². The van der Waals surface area contributed by atoms with Crippen molar-refractivity contribution in [2.75, 3.05) is 18.0 Å². The largest absolute Gasteiger partial charge is 0.393 e. The summed E-state index contributed by atoms with van der Waals surface area (Å²) in [4.78, 5) is 25.6. The van der Waals surface area contributed by atoms with Gasteiger partial charge in [-0.1, -0.05) is 26.0 Å². The number of aliphatic hydroxyl groups is 1. The van der Waals surface area contributed by atoms with Gasteiger partial charge in [-0.05, 0) is 42.9 Å². The van der Waals surface area contributed by atoms with Crippen molar-refractivity contribution in [1.29, 1.82) is 0 Å². The molecular formula is C19H28N2O3. The molecule has 0 radical (unpaired) electrons. The molecule has 132 valence electrons. The minimum absolute atomic E-state index is 0.0290. The van der Waals surface area contributed by atoms with Crippen molar-refractivity contribution in [1.82, 2.24) is 5.32 Å². The molecule has 0 aromatic heterocycles. The zero-order valence-corrected chi connectivity index (χ0v) is 14.8. The Bertz CT molecular complexity index is 579. The van der Waals surface area contributed by atoms with Crippen LogP contribution in [0.1, 0.15) is 45.6 Å². The maximum absolute atomic E-state index is 12.1. The van der Waals surface area contributed by atoms with Gasteiger partial charge in [0.15, 0.2) is 0 Å². The van der Waals surface area contributed by atoms with E-state index in [0.717, 1.165) is 24.2 Å². The summed E-state index contributed by atoms with van der Waals surface area (Å²) in [6.45, 7) is 7.13. The number of hydrogen-bond donors (Lipinski definition) is 2. The highest BCUT2D eigenvalue weighted by Gasteiger charge is 2.22. The highest BCUT2D eigenvalue weighted by atomic mass is 16.3. The maximum atomic E-state index is 12.1. The van der Waals surface area contributed by atoms with Crippen LogP contribution in [0.2, 0.25) is 0 Å². The van der Waals surface area contributed by atoms with Crippen LogP contribution in [0.4, 0.5) is 5.69 Å². The van der Waals surface area contributed by atoms with Crippen molar-refractivity contribution in [2.45, 2.75) is 52.6 Å². The number of rotatable bonds is 7. The molecule has 1 fully saturated rings. The van der Waals surface area contributed by atoms with Crippen molar-refractivity contribution in [3.63, 3.8) is 0 Å². The fourth-order valence-electron chi connectivity index (χ4n) is 3.17. The van der Waals surface area contributed by atoms with Gasteiger partial charge < -0.3 is 15.3 Å². The summed E-state index contributed by atoms with van der Waals surface area (Å²) >= 11 is 0. The first kappa shape index (κ1) is 18.5. The van der Waals surface area contributed by atoms with Gasteiger partial charge in [0.05, 0.1) is 12.5 Å². The Morgan fingerprint density at radius 1 is 1.33 bits per heavy atom. The SMILES string of the molecule is CC(O)CC(C)(C)CNC(=O)Cc1ccc(N2CCCC2=O)cc1. The normalized spacial score (nSPS) is 16.3. The summed E-state index contributed by atoms with van der Waals surface area (Å²) in [7, 11) is 0. The third-order valence-electron chi connectivity index (χ3n) is 4.30. The molecule has 0 bridgehead atoms. The number of nitrogens with zero attached hydrogens (tertiary/aromatic N) is 1. The number of carbonyl (C=O) groups excluding carboxylic acids is 2. The Balaban J connectivity index is 1.85. The van der Waals surface area contributed by atoms with Gasteiger partial charge in [0, 0.05) is 25.2 Å². The second-order valence-electron chi connectivity index (χ2n) is 7.49. The van der Waals surface area contributed by atoms with E-state index >= 15 is 0 Å². The molecule has 1 atom stereocenters. The van der Waals surface area contributed by atoms with Crippen molar-refractivity contribution in [2.24, 2.45) is 5.41 Å². The molecule has 1 aromatic rings. The van der Waals surface area contributed by atoms with Gasteiger partial charge in [0.2, 0.25) is 11.8 Å². The minimum Gasteiger partial charge on any atom is -0.393 e. The molecule has 1 aliphatic heterocycles. The average molecular weight is 332 g/mol.